The summed E-state index contributed by atoms with van der Waals surface area (Å²) in [5.74, 6) is 0.206. The Morgan fingerprint density at radius 2 is 2.00 bits per heavy atom. The number of ether oxygens (including phenoxy) is 1. The number of urea groups is 1. The fraction of sp³-hybridized carbons (Fsp3) is 0.300. The first kappa shape index (κ1) is 18.7. The molecule has 7 heteroatoms. The number of hydrogen-bond donors (Lipinski definition) is 2. The van der Waals surface area contributed by atoms with E-state index in [2.05, 4.69) is 10.6 Å². The van der Waals surface area contributed by atoms with Crippen LogP contribution in [0, 0.1) is 12.7 Å². The zero-order valence-electron chi connectivity index (χ0n) is 15.3. The van der Waals surface area contributed by atoms with Crippen LogP contribution in [0.2, 0.25) is 0 Å². The molecule has 0 aliphatic carbocycles. The first-order valence-electron chi connectivity index (χ1n) is 8.86. The van der Waals surface area contributed by atoms with Gasteiger partial charge in [-0.1, -0.05) is 0 Å². The van der Waals surface area contributed by atoms with Crippen LogP contribution in [0.5, 0.6) is 5.75 Å². The van der Waals surface area contributed by atoms with Crippen LogP contribution < -0.4 is 20.3 Å². The van der Waals surface area contributed by atoms with Gasteiger partial charge in [-0.15, -0.1) is 0 Å². The summed E-state index contributed by atoms with van der Waals surface area (Å²) in [5.41, 5.74) is 1.72. The van der Waals surface area contributed by atoms with E-state index < -0.39 is 12.1 Å². The maximum absolute atomic E-state index is 13.4. The number of halogens is 1. The van der Waals surface area contributed by atoms with E-state index in [0.29, 0.717) is 36.5 Å². The number of carbonyl (C=O) groups excluding carboxylic acids is 2. The molecule has 2 N–H and O–H groups in total. The number of nitrogens with zero attached hydrogens (tertiary/aromatic N) is 1. The van der Waals surface area contributed by atoms with E-state index in [4.69, 9.17) is 4.74 Å². The number of nitrogens with one attached hydrogen (secondary N) is 2. The Morgan fingerprint density at radius 3 is 2.67 bits per heavy atom. The molecule has 1 aliphatic rings. The van der Waals surface area contributed by atoms with Gasteiger partial charge in [-0.05, 0) is 68.3 Å². The number of amides is 3. The van der Waals surface area contributed by atoms with Crippen molar-refractivity contribution in [2.75, 3.05) is 23.4 Å². The Labute approximate surface area is 157 Å². The average Bonchev–Trinajstić information content (AvgIpc) is 3.00. The zero-order chi connectivity index (χ0) is 19.4. The largest absolute Gasteiger partial charge is 0.494 e. The van der Waals surface area contributed by atoms with Crippen molar-refractivity contribution in [2.24, 2.45) is 0 Å². The summed E-state index contributed by atoms with van der Waals surface area (Å²) in [6, 6.07) is 10.5. The third-order valence-electron chi connectivity index (χ3n) is 4.39. The number of anilines is 2. The molecule has 0 bridgehead atoms. The molecule has 1 atom stereocenters. The molecule has 2 aromatic carbocycles. The minimum atomic E-state index is -0.613. The lowest BCUT2D eigenvalue weighted by molar-refractivity contribution is -0.118. The molecule has 0 radical (unpaired) electrons. The lowest BCUT2D eigenvalue weighted by Gasteiger charge is -2.18. The predicted molar refractivity (Wildman–Crippen MR) is 102 cm³/mol. The summed E-state index contributed by atoms with van der Waals surface area (Å²) in [7, 11) is 0. The molecule has 1 saturated heterocycles. The van der Waals surface area contributed by atoms with Crippen LogP contribution in [0.1, 0.15) is 18.9 Å². The molecule has 6 nitrogen and oxygen atoms in total. The highest BCUT2D eigenvalue weighted by Crippen LogP contribution is 2.24. The van der Waals surface area contributed by atoms with E-state index in [1.54, 1.807) is 48.2 Å². The van der Waals surface area contributed by atoms with Crippen LogP contribution in [0.15, 0.2) is 42.5 Å². The van der Waals surface area contributed by atoms with Crippen LogP contribution in [-0.4, -0.2) is 31.1 Å². The number of hydrogen-bond acceptors (Lipinski definition) is 3. The predicted octanol–water partition coefficient (Wildman–Crippen LogP) is 3.46. The summed E-state index contributed by atoms with van der Waals surface area (Å²) < 4.78 is 18.8. The van der Waals surface area contributed by atoms with Crippen molar-refractivity contribution in [3.63, 3.8) is 0 Å². The first-order valence-corrected chi connectivity index (χ1v) is 8.86. The van der Waals surface area contributed by atoms with E-state index in [-0.39, 0.29) is 11.7 Å². The van der Waals surface area contributed by atoms with Crippen LogP contribution in [0.4, 0.5) is 20.6 Å². The molecule has 0 spiro atoms. The molecule has 0 saturated carbocycles. The molecule has 1 fully saturated rings. The van der Waals surface area contributed by atoms with Crippen molar-refractivity contribution in [3.8, 4) is 5.75 Å². The molecule has 3 rings (SSSR count). The minimum absolute atomic E-state index is 0.206. The monoisotopic (exact) mass is 371 g/mol. The summed E-state index contributed by atoms with van der Waals surface area (Å²) in [6.07, 6.45) is 0.492. The maximum atomic E-state index is 13.4. The third kappa shape index (κ3) is 4.36. The lowest BCUT2D eigenvalue weighted by atomic mass is 10.2. The summed E-state index contributed by atoms with van der Waals surface area (Å²) >= 11 is 0. The van der Waals surface area contributed by atoms with Crippen molar-refractivity contribution < 1.29 is 18.7 Å². The van der Waals surface area contributed by atoms with Gasteiger partial charge in [-0.2, -0.15) is 0 Å². The van der Waals surface area contributed by atoms with E-state index >= 15 is 0 Å². The van der Waals surface area contributed by atoms with Crippen LogP contribution in [-0.2, 0) is 4.79 Å². The van der Waals surface area contributed by atoms with Crippen molar-refractivity contribution in [1.29, 1.82) is 0 Å². The molecule has 1 unspecified atom stereocenters. The first-order chi connectivity index (χ1) is 13.0. The Morgan fingerprint density at radius 1 is 1.26 bits per heavy atom. The van der Waals surface area contributed by atoms with Gasteiger partial charge in [0.2, 0.25) is 5.91 Å². The molecule has 1 heterocycles. The highest BCUT2D eigenvalue weighted by Gasteiger charge is 2.33. The smallest absolute Gasteiger partial charge is 0.319 e. The second-order valence-electron chi connectivity index (χ2n) is 6.32. The van der Waals surface area contributed by atoms with E-state index in [0.717, 1.165) is 5.75 Å². The topological polar surface area (TPSA) is 70.7 Å². The quantitative estimate of drug-likeness (QED) is 0.846. The van der Waals surface area contributed by atoms with Gasteiger partial charge in [0.1, 0.15) is 17.6 Å². The number of benzene rings is 2. The SMILES string of the molecule is CCOc1ccc(NC(=O)NC2CCN(c3ccc(F)c(C)c3)C2=O)cc1. The van der Waals surface area contributed by atoms with Crippen LogP contribution in [0.3, 0.4) is 0 Å². The molecule has 142 valence electrons. The summed E-state index contributed by atoms with van der Waals surface area (Å²) in [4.78, 5) is 26.3. The fourth-order valence-corrected chi connectivity index (χ4v) is 2.99. The Bertz CT molecular complexity index is 839. The molecule has 2 aromatic rings. The van der Waals surface area contributed by atoms with Gasteiger partial charge < -0.3 is 20.3 Å². The van der Waals surface area contributed by atoms with E-state index in [1.165, 1.54) is 6.07 Å². The standard InChI is InChI=1S/C20H22FN3O3/c1-3-27-16-7-4-14(5-8-16)22-20(26)23-18-10-11-24(19(18)25)15-6-9-17(21)13(2)12-15/h4-9,12,18H,3,10-11H2,1-2H3,(H2,22,23,26). The number of rotatable bonds is 5. The van der Waals surface area contributed by atoms with Crippen LogP contribution in [0.25, 0.3) is 0 Å². The van der Waals surface area contributed by atoms with Crippen molar-refractivity contribution in [1.82, 2.24) is 5.32 Å². The molecular weight excluding hydrogens is 349 g/mol. The highest BCUT2D eigenvalue weighted by molar-refractivity contribution is 6.02. The minimum Gasteiger partial charge on any atom is -0.494 e. The fourth-order valence-electron chi connectivity index (χ4n) is 2.99. The Balaban J connectivity index is 1.58. The van der Waals surface area contributed by atoms with Gasteiger partial charge in [0.25, 0.3) is 0 Å². The second-order valence-corrected chi connectivity index (χ2v) is 6.32. The van der Waals surface area contributed by atoms with Gasteiger partial charge >= 0.3 is 6.03 Å². The van der Waals surface area contributed by atoms with E-state index in [9.17, 15) is 14.0 Å². The van der Waals surface area contributed by atoms with Crippen molar-refractivity contribution >= 4 is 23.3 Å². The molecule has 27 heavy (non-hydrogen) atoms. The van der Waals surface area contributed by atoms with Gasteiger partial charge in [-0.25, -0.2) is 9.18 Å². The van der Waals surface area contributed by atoms with Crippen molar-refractivity contribution in [2.45, 2.75) is 26.3 Å². The van der Waals surface area contributed by atoms with E-state index in [1.807, 2.05) is 6.92 Å². The van der Waals surface area contributed by atoms with Gasteiger partial charge in [-0.3, -0.25) is 4.79 Å². The maximum Gasteiger partial charge on any atom is 0.319 e. The third-order valence-corrected chi connectivity index (χ3v) is 4.39. The normalized spacial score (nSPS) is 16.3. The zero-order valence-corrected chi connectivity index (χ0v) is 15.3. The van der Waals surface area contributed by atoms with Gasteiger partial charge in [0, 0.05) is 17.9 Å². The molecule has 3 amide bonds. The van der Waals surface area contributed by atoms with Gasteiger partial charge in [0.05, 0.1) is 6.61 Å². The lowest BCUT2D eigenvalue weighted by Crippen LogP contribution is -2.43. The van der Waals surface area contributed by atoms with Crippen LogP contribution >= 0.6 is 0 Å². The number of carbonyl (C=O) groups is 2. The molecule has 0 aromatic heterocycles. The Hall–Kier alpha value is -3.09. The Kier molecular flexibility index (Phi) is 5.59. The highest BCUT2D eigenvalue weighted by atomic mass is 19.1. The number of aryl methyl sites for hydroxylation is 1. The summed E-state index contributed by atoms with van der Waals surface area (Å²) in [5, 5.41) is 5.40. The molecule has 1 aliphatic heterocycles. The van der Waals surface area contributed by atoms with Crippen molar-refractivity contribution in [3.05, 3.63) is 53.8 Å². The second kappa shape index (κ2) is 8.07. The molecular formula is C20H22FN3O3. The average molecular weight is 371 g/mol. The summed E-state index contributed by atoms with van der Waals surface area (Å²) in [6.45, 7) is 4.59. The van der Waals surface area contributed by atoms with Gasteiger partial charge in [0.15, 0.2) is 0 Å².